The Hall–Kier alpha value is -2.05. The van der Waals surface area contributed by atoms with Gasteiger partial charge in [-0.25, -0.2) is 0 Å². The van der Waals surface area contributed by atoms with Gasteiger partial charge in [-0.15, -0.1) is 11.3 Å². The lowest BCUT2D eigenvalue weighted by molar-refractivity contribution is 0.123. The van der Waals surface area contributed by atoms with Gasteiger partial charge in [0.1, 0.15) is 5.75 Å². The topological polar surface area (TPSA) is 54.9 Å². The summed E-state index contributed by atoms with van der Waals surface area (Å²) in [5, 5.41) is 8.71. The van der Waals surface area contributed by atoms with Gasteiger partial charge >= 0.3 is 0 Å². The van der Waals surface area contributed by atoms with E-state index in [2.05, 4.69) is 40.1 Å². The van der Waals surface area contributed by atoms with Crippen LogP contribution in [0.2, 0.25) is 0 Å². The van der Waals surface area contributed by atoms with E-state index < -0.39 is 0 Å². The van der Waals surface area contributed by atoms with E-state index in [-0.39, 0.29) is 6.04 Å². The molecule has 6 heteroatoms. The Bertz CT molecular complexity index is 629. The summed E-state index contributed by atoms with van der Waals surface area (Å²) >= 11 is 1.73. The fourth-order valence-electron chi connectivity index (χ4n) is 2.25. The van der Waals surface area contributed by atoms with Crippen molar-refractivity contribution in [2.24, 2.45) is 4.99 Å². The summed E-state index contributed by atoms with van der Waals surface area (Å²) in [6, 6.07) is 12.3. The Labute approximate surface area is 147 Å². The van der Waals surface area contributed by atoms with Crippen molar-refractivity contribution in [3.63, 3.8) is 0 Å². The van der Waals surface area contributed by atoms with Crippen LogP contribution < -0.4 is 15.4 Å². The highest BCUT2D eigenvalue weighted by atomic mass is 32.1. The average molecular weight is 347 g/mol. The Morgan fingerprint density at radius 2 is 2.08 bits per heavy atom. The molecule has 0 aliphatic carbocycles. The molecule has 130 valence electrons. The van der Waals surface area contributed by atoms with Gasteiger partial charge in [-0.1, -0.05) is 24.3 Å². The standard InChI is InChI=1S/C18H25N3O2S/c1-14(17-9-6-12-24-17)21-18(19-2)20-10-11-23-13-15-7-4-5-8-16(15)22-3/h4-9,12,14H,10-11,13H2,1-3H3,(H2,19,20,21). The number of guanidine groups is 1. The number of hydrogen-bond acceptors (Lipinski definition) is 4. The van der Waals surface area contributed by atoms with Crippen molar-refractivity contribution in [2.45, 2.75) is 19.6 Å². The van der Waals surface area contributed by atoms with Gasteiger partial charge in [0.05, 0.1) is 26.4 Å². The lowest BCUT2D eigenvalue weighted by Crippen LogP contribution is -2.40. The third-order valence-corrected chi connectivity index (χ3v) is 4.59. The highest BCUT2D eigenvalue weighted by Crippen LogP contribution is 2.18. The van der Waals surface area contributed by atoms with Gasteiger partial charge in [-0.2, -0.15) is 0 Å². The van der Waals surface area contributed by atoms with Gasteiger partial charge in [0.2, 0.25) is 0 Å². The zero-order valence-corrected chi connectivity index (χ0v) is 15.2. The van der Waals surface area contributed by atoms with Crippen molar-refractivity contribution in [3.8, 4) is 5.75 Å². The van der Waals surface area contributed by atoms with Crippen LogP contribution in [0.3, 0.4) is 0 Å². The van der Waals surface area contributed by atoms with Crippen molar-refractivity contribution in [1.29, 1.82) is 0 Å². The Morgan fingerprint density at radius 3 is 2.79 bits per heavy atom. The third kappa shape index (κ3) is 5.54. The number of aliphatic imine (C=N–C) groups is 1. The number of thiophene rings is 1. The first-order chi connectivity index (χ1) is 11.7. The number of ether oxygens (including phenoxy) is 2. The second-order valence-electron chi connectivity index (χ2n) is 5.24. The number of nitrogens with zero attached hydrogens (tertiary/aromatic N) is 1. The van der Waals surface area contributed by atoms with Gasteiger partial charge in [-0.05, 0) is 24.4 Å². The van der Waals surface area contributed by atoms with E-state index >= 15 is 0 Å². The minimum atomic E-state index is 0.227. The molecule has 1 atom stereocenters. The average Bonchev–Trinajstić information content (AvgIpc) is 3.15. The zero-order chi connectivity index (χ0) is 17.2. The van der Waals surface area contributed by atoms with Crippen LogP contribution in [0.1, 0.15) is 23.4 Å². The molecule has 1 aromatic heterocycles. The highest BCUT2D eigenvalue weighted by Gasteiger charge is 2.08. The molecular formula is C18H25N3O2S. The monoisotopic (exact) mass is 347 g/mol. The SMILES string of the molecule is CN=C(NCCOCc1ccccc1OC)NC(C)c1cccs1. The van der Waals surface area contributed by atoms with Gasteiger partial charge in [-0.3, -0.25) is 4.99 Å². The molecule has 5 nitrogen and oxygen atoms in total. The Kier molecular flexibility index (Phi) is 7.58. The van der Waals surface area contributed by atoms with Crippen LogP contribution in [0.4, 0.5) is 0 Å². The number of para-hydroxylation sites is 1. The minimum absolute atomic E-state index is 0.227. The molecule has 0 radical (unpaired) electrons. The second-order valence-corrected chi connectivity index (χ2v) is 6.22. The molecule has 0 bridgehead atoms. The predicted octanol–water partition coefficient (Wildman–Crippen LogP) is 3.20. The second kappa shape index (κ2) is 9.95. The van der Waals surface area contributed by atoms with Crippen LogP contribution in [0.5, 0.6) is 5.75 Å². The van der Waals surface area contributed by atoms with E-state index in [0.29, 0.717) is 19.8 Å². The number of nitrogens with one attached hydrogen (secondary N) is 2. The van der Waals surface area contributed by atoms with E-state index in [1.54, 1.807) is 25.5 Å². The summed E-state index contributed by atoms with van der Waals surface area (Å²) in [7, 11) is 3.44. The summed E-state index contributed by atoms with van der Waals surface area (Å²) in [6.07, 6.45) is 0. The molecule has 2 aromatic rings. The van der Waals surface area contributed by atoms with Crippen LogP contribution in [0.25, 0.3) is 0 Å². The van der Waals surface area contributed by atoms with Gasteiger partial charge in [0, 0.05) is 24.0 Å². The normalized spacial score (nSPS) is 12.7. The molecule has 0 aliphatic rings. The molecule has 0 amide bonds. The molecule has 1 aromatic carbocycles. The Morgan fingerprint density at radius 1 is 1.25 bits per heavy atom. The van der Waals surface area contributed by atoms with Crippen molar-refractivity contribution in [2.75, 3.05) is 27.3 Å². The number of hydrogen-bond donors (Lipinski definition) is 2. The molecule has 0 fully saturated rings. The first-order valence-corrected chi connectivity index (χ1v) is 8.82. The summed E-state index contributed by atoms with van der Waals surface area (Å²) in [4.78, 5) is 5.53. The minimum Gasteiger partial charge on any atom is -0.496 e. The first-order valence-electron chi connectivity index (χ1n) is 7.94. The summed E-state index contributed by atoms with van der Waals surface area (Å²) in [5.41, 5.74) is 1.05. The third-order valence-electron chi connectivity index (χ3n) is 3.54. The number of benzene rings is 1. The van der Waals surface area contributed by atoms with Gasteiger partial charge in [0.15, 0.2) is 5.96 Å². The van der Waals surface area contributed by atoms with E-state index in [0.717, 1.165) is 17.3 Å². The van der Waals surface area contributed by atoms with Crippen LogP contribution in [0, 0.1) is 0 Å². The van der Waals surface area contributed by atoms with E-state index in [9.17, 15) is 0 Å². The van der Waals surface area contributed by atoms with Crippen LogP contribution >= 0.6 is 11.3 Å². The van der Waals surface area contributed by atoms with E-state index in [1.165, 1.54) is 4.88 Å². The quantitative estimate of drug-likeness (QED) is 0.437. The van der Waals surface area contributed by atoms with Crippen LogP contribution in [0.15, 0.2) is 46.8 Å². The molecule has 1 heterocycles. The lowest BCUT2D eigenvalue weighted by atomic mass is 10.2. The number of rotatable bonds is 8. The fraction of sp³-hybridized carbons (Fsp3) is 0.389. The molecule has 24 heavy (non-hydrogen) atoms. The summed E-state index contributed by atoms with van der Waals surface area (Å²) < 4.78 is 11.0. The fourth-order valence-corrected chi connectivity index (χ4v) is 2.99. The van der Waals surface area contributed by atoms with Crippen LogP contribution in [-0.2, 0) is 11.3 Å². The van der Waals surface area contributed by atoms with E-state index in [4.69, 9.17) is 9.47 Å². The molecule has 0 aliphatic heterocycles. The van der Waals surface area contributed by atoms with E-state index in [1.807, 2.05) is 24.3 Å². The maximum atomic E-state index is 5.71. The molecule has 0 saturated carbocycles. The van der Waals surface area contributed by atoms with Gasteiger partial charge < -0.3 is 20.1 Å². The van der Waals surface area contributed by atoms with Crippen LogP contribution in [-0.4, -0.2) is 33.3 Å². The smallest absolute Gasteiger partial charge is 0.191 e. The largest absolute Gasteiger partial charge is 0.496 e. The van der Waals surface area contributed by atoms with Crippen molar-refractivity contribution in [3.05, 3.63) is 52.2 Å². The summed E-state index contributed by atoms with van der Waals surface area (Å²) in [5.74, 6) is 1.63. The summed E-state index contributed by atoms with van der Waals surface area (Å²) in [6.45, 7) is 3.93. The lowest BCUT2D eigenvalue weighted by Gasteiger charge is -2.17. The Balaban J connectivity index is 1.69. The van der Waals surface area contributed by atoms with Crippen molar-refractivity contribution in [1.82, 2.24) is 10.6 Å². The molecule has 0 saturated heterocycles. The number of methoxy groups -OCH3 is 1. The predicted molar refractivity (Wildman–Crippen MR) is 99.9 cm³/mol. The van der Waals surface area contributed by atoms with Gasteiger partial charge in [0.25, 0.3) is 0 Å². The van der Waals surface area contributed by atoms with Crippen molar-refractivity contribution >= 4 is 17.3 Å². The molecule has 2 N–H and O–H groups in total. The molecule has 1 unspecified atom stereocenters. The highest BCUT2D eigenvalue weighted by molar-refractivity contribution is 7.10. The maximum Gasteiger partial charge on any atom is 0.191 e. The zero-order valence-electron chi connectivity index (χ0n) is 14.4. The maximum absolute atomic E-state index is 5.71. The molecule has 2 rings (SSSR count). The molecule has 0 spiro atoms. The first kappa shape index (κ1) is 18.3. The van der Waals surface area contributed by atoms with Crippen molar-refractivity contribution < 1.29 is 9.47 Å². The molecular weight excluding hydrogens is 322 g/mol.